The topological polar surface area (TPSA) is 64.7 Å². The Hall–Kier alpha value is -3.83. The van der Waals surface area contributed by atoms with E-state index in [9.17, 15) is 5.11 Å². The number of aryl methyl sites for hydroxylation is 2. The van der Waals surface area contributed by atoms with E-state index in [1.165, 1.54) is 9.75 Å². The molecule has 0 unspecified atom stereocenters. The smallest absolute Gasteiger partial charge is 0.116 e. The Morgan fingerprint density at radius 1 is 1.03 bits per heavy atom. The predicted molar refractivity (Wildman–Crippen MR) is 134 cm³/mol. The van der Waals surface area contributed by atoms with E-state index in [4.69, 9.17) is 0 Å². The first kappa shape index (κ1) is 20.1. The highest BCUT2D eigenvalue weighted by Gasteiger charge is 2.17. The molecule has 0 aliphatic heterocycles. The summed E-state index contributed by atoms with van der Waals surface area (Å²) < 4.78 is 0. The van der Waals surface area contributed by atoms with Crippen LogP contribution < -0.4 is 0 Å². The molecule has 3 N–H and O–H groups in total. The van der Waals surface area contributed by atoms with Crippen LogP contribution in [0.15, 0.2) is 79.4 Å². The zero-order valence-corrected chi connectivity index (χ0v) is 18.8. The zero-order valence-electron chi connectivity index (χ0n) is 17.9. The number of phenols is 1. The van der Waals surface area contributed by atoms with Crippen LogP contribution in [-0.2, 0) is 0 Å². The monoisotopic (exact) mass is 437 g/mol. The number of fused-ring (bicyclic) bond motifs is 1. The maximum Gasteiger partial charge on any atom is 0.116 e. The van der Waals surface area contributed by atoms with Crippen LogP contribution in [0.4, 0.5) is 0 Å². The standard InChI is InChI=1S/C27H23N3OS/c1-4-6-21(26-12-9-16(2)32-26)22-15-25(28-17(22)3)27-23-14-19(10-11-24(23)29-30-27)18-7-5-8-20(31)13-18/h4-15,28,31H,1H2,2-3H3,(H,29,30)/b21-6+. The molecule has 0 atom stereocenters. The van der Waals surface area contributed by atoms with Gasteiger partial charge in [-0.2, -0.15) is 5.10 Å². The van der Waals surface area contributed by atoms with Crippen molar-refractivity contribution in [1.82, 2.24) is 15.2 Å². The maximum absolute atomic E-state index is 9.87. The molecule has 0 saturated heterocycles. The minimum Gasteiger partial charge on any atom is -0.508 e. The summed E-state index contributed by atoms with van der Waals surface area (Å²) in [5.74, 6) is 0.255. The first-order valence-corrected chi connectivity index (χ1v) is 11.2. The van der Waals surface area contributed by atoms with Gasteiger partial charge in [0.25, 0.3) is 0 Å². The van der Waals surface area contributed by atoms with Crippen molar-refractivity contribution >= 4 is 27.8 Å². The van der Waals surface area contributed by atoms with E-state index in [2.05, 4.69) is 65.9 Å². The van der Waals surface area contributed by atoms with E-state index >= 15 is 0 Å². The van der Waals surface area contributed by atoms with Gasteiger partial charge in [-0.3, -0.25) is 5.10 Å². The highest BCUT2D eigenvalue weighted by Crippen LogP contribution is 2.36. The van der Waals surface area contributed by atoms with Gasteiger partial charge in [-0.05, 0) is 67.4 Å². The van der Waals surface area contributed by atoms with Crippen molar-refractivity contribution < 1.29 is 5.11 Å². The molecule has 0 aliphatic carbocycles. The third-order valence-electron chi connectivity index (χ3n) is 5.59. The van der Waals surface area contributed by atoms with Crippen molar-refractivity contribution in [1.29, 1.82) is 0 Å². The SMILES string of the molecule is C=C/C=C(/c1ccc(C)s1)c1cc(-c2n[nH]c3ccc(-c4cccc(O)c4)cc23)[nH]c1C. The van der Waals surface area contributed by atoms with Gasteiger partial charge in [0, 0.05) is 32.0 Å². The molecule has 0 amide bonds. The number of nitrogens with zero attached hydrogens (tertiary/aromatic N) is 1. The van der Waals surface area contributed by atoms with E-state index in [1.54, 1.807) is 23.5 Å². The van der Waals surface area contributed by atoms with Crippen LogP contribution in [0.2, 0.25) is 0 Å². The van der Waals surface area contributed by atoms with Crippen LogP contribution in [0.25, 0.3) is 39.0 Å². The highest BCUT2D eigenvalue weighted by molar-refractivity contribution is 7.13. The molecule has 0 aliphatic rings. The molecule has 0 bridgehead atoms. The summed E-state index contributed by atoms with van der Waals surface area (Å²) in [4.78, 5) is 6.03. The number of nitrogens with one attached hydrogen (secondary N) is 2. The molecule has 3 aromatic heterocycles. The largest absolute Gasteiger partial charge is 0.508 e. The molecule has 0 saturated carbocycles. The van der Waals surface area contributed by atoms with Gasteiger partial charge < -0.3 is 10.1 Å². The summed E-state index contributed by atoms with van der Waals surface area (Å²) in [6, 6.07) is 19.9. The van der Waals surface area contributed by atoms with Gasteiger partial charge in [0.15, 0.2) is 0 Å². The van der Waals surface area contributed by atoms with E-state index in [1.807, 2.05) is 30.3 Å². The Morgan fingerprint density at radius 2 is 1.88 bits per heavy atom. The third kappa shape index (κ3) is 3.57. The number of aromatic hydroxyl groups is 1. The first-order valence-electron chi connectivity index (χ1n) is 10.4. The minimum absolute atomic E-state index is 0.255. The number of aromatic nitrogens is 3. The molecule has 5 rings (SSSR count). The zero-order chi connectivity index (χ0) is 22.2. The molecule has 3 heterocycles. The number of thiophene rings is 1. The summed E-state index contributed by atoms with van der Waals surface area (Å²) in [5, 5.41) is 18.7. The summed E-state index contributed by atoms with van der Waals surface area (Å²) in [6.07, 6.45) is 3.90. The quantitative estimate of drug-likeness (QED) is 0.254. The van der Waals surface area contributed by atoms with Gasteiger partial charge in [-0.1, -0.05) is 36.9 Å². The molecule has 158 valence electrons. The molecule has 4 nitrogen and oxygen atoms in total. The lowest BCUT2D eigenvalue weighted by Crippen LogP contribution is -1.85. The maximum atomic E-state index is 9.87. The number of benzene rings is 2. The van der Waals surface area contributed by atoms with Crippen LogP contribution in [0.3, 0.4) is 0 Å². The van der Waals surface area contributed by atoms with Crippen molar-refractivity contribution in [3.05, 3.63) is 100 Å². The van der Waals surface area contributed by atoms with E-state index in [0.717, 1.165) is 50.2 Å². The Kier molecular flexibility index (Phi) is 5.04. The van der Waals surface area contributed by atoms with Gasteiger partial charge in [0.1, 0.15) is 11.4 Å². The molecule has 5 heteroatoms. The Morgan fingerprint density at radius 3 is 2.62 bits per heavy atom. The highest BCUT2D eigenvalue weighted by atomic mass is 32.1. The van der Waals surface area contributed by atoms with Gasteiger partial charge >= 0.3 is 0 Å². The van der Waals surface area contributed by atoms with Gasteiger partial charge in [0.2, 0.25) is 0 Å². The van der Waals surface area contributed by atoms with Crippen molar-refractivity contribution in [2.75, 3.05) is 0 Å². The number of phenolic OH excluding ortho intramolecular Hbond substituents is 1. The van der Waals surface area contributed by atoms with E-state index in [0.29, 0.717) is 0 Å². The summed E-state index contributed by atoms with van der Waals surface area (Å²) in [7, 11) is 0. The van der Waals surface area contributed by atoms with Crippen molar-refractivity contribution in [2.24, 2.45) is 0 Å². The Labute approximate surface area is 190 Å². The number of H-pyrrole nitrogens is 2. The second-order valence-electron chi connectivity index (χ2n) is 7.83. The van der Waals surface area contributed by atoms with Gasteiger partial charge in [-0.25, -0.2) is 0 Å². The Balaban J connectivity index is 1.61. The molecular formula is C27H23N3OS. The lowest BCUT2D eigenvalue weighted by molar-refractivity contribution is 0.475. The third-order valence-corrected chi connectivity index (χ3v) is 6.63. The normalized spacial score (nSPS) is 11.9. The Bertz CT molecular complexity index is 1480. The predicted octanol–water partition coefficient (Wildman–Crippen LogP) is 7.23. The van der Waals surface area contributed by atoms with Crippen LogP contribution in [-0.4, -0.2) is 20.3 Å². The average Bonchev–Trinajstić information content (AvgIpc) is 3.50. The fourth-order valence-corrected chi connectivity index (χ4v) is 4.96. The van der Waals surface area contributed by atoms with Crippen LogP contribution >= 0.6 is 11.3 Å². The number of rotatable bonds is 5. The molecule has 32 heavy (non-hydrogen) atoms. The first-order chi connectivity index (χ1) is 15.5. The fraction of sp³-hybridized carbons (Fsp3) is 0.0741. The average molecular weight is 438 g/mol. The number of hydrogen-bond acceptors (Lipinski definition) is 3. The molecular weight excluding hydrogens is 414 g/mol. The van der Waals surface area contributed by atoms with Crippen molar-refractivity contribution in [2.45, 2.75) is 13.8 Å². The van der Waals surface area contributed by atoms with Crippen molar-refractivity contribution in [3.8, 4) is 28.3 Å². The lowest BCUT2D eigenvalue weighted by Gasteiger charge is -2.04. The summed E-state index contributed by atoms with van der Waals surface area (Å²) in [6.45, 7) is 8.12. The lowest BCUT2D eigenvalue weighted by atomic mass is 10.0. The van der Waals surface area contributed by atoms with Crippen molar-refractivity contribution in [3.63, 3.8) is 0 Å². The molecule has 0 radical (unpaired) electrons. The minimum atomic E-state index is 0.255. The fourth-order valence-electron chi connectivity index (χ4n) is 4.05. The van der Waals surface area contributed by atoms with E-state index < -0.39 is 0 Å². The van der Waals surface area contributed by atoms with Crippen LogP contribution in [0.1, 0.15) is 21.0 Å². The number of aromatic amines is 2. The second-order valence-corrected chi connectivity index (χ2v) is 9.12. The summed E-state index contributed by atoms with van der Waals surface area (Å²) in [5.41, 5.74) is 8.16. The van der Waals surface area contributed by atoms with Crippen LogP contribution in [0.5, 0.6) is 5.75 Å². The number of hydrogen-bond donors (Lipinski definition) is 3. The molecule has 5 aromatic rings. The van der Waals surface area contributed by atoms with Gasteiger partial charge in [-0.15, -0.1) is 11.3 Å². The molecule has 2 aromatic carbocycles. The van der Waals surface area contributed by atoms with Gasteiger partial charge in [0.05, 0.1) is 11.2 Å². The molecule has 0 spiro atoms. The second kappa shape index (κ2) is 8.02. The van der Waals surface area contributed by atoms with Crippen LogP contribution in [0, 0.1) is 13.8 Å². The molecule has 0 fully saturated rings. The van der Waals surface area contributed by atoms with E-state index in [-0.39, 0.29) is 5.75 Å². The number of allylic oxidation sites excluding steroid dienone is 2. The summed E-state index contributed by atoms with van der Waals surface area (Å²) >= 11 is 1.78.